The molecule has 2 aliphatic rings. The Kier molecular flexibility index (Phi) is 2.90. The first-order chi connectivity index (χ1) is 8.21. The van der Waals surface area contributed by atoms with Crippen LogP contribution in [-0.4, -0.2) is 41.9 Å². The molecule has 102 valence electrons. The highest BCUT2D eigenvalue weighted by Crippen LogP contribution is 2.36. The number of sulfonamides is 1. The molecule has 1 aliphatic carbocycles. The van der Waals surface area contributed by atoms with Gasteiger partial charge in [-0.05, 0) is 19.3 Å². The molecule has 0 unspecified atom stereocenters. The van der Waals surface area contributed by atoms with Gasteiger partial charge in [-0.1, -0.05) is 6.92 Å². The van der Waals surface area contributed by atoms with Crippen molar-refractivity contribution >= 4 is 21.8 Å². The summed E-state index contributed by atoms with van der Waals surface area (Å²) in [5, 5.41) is -0.465. The molecule has 7 nitrogen and oxygen atoms in total. The van der Waals surface area contributed by atoms with Gasteiger partial charge in [0.2, 0.25) is 15.9 Å². The van der Waals surface area contributed by atoms with E-state index in [2.05, 4.69) is 0 Å². The van der Waals surface area contributed by atoms with E-state index in [1.165, 1.54) is 6.92 Å². The molecular formula is C10H17N3O4S. The van der Waals surface area contributed by atoms with Crippen molar-refractivity contribution in [2.24, 2.45) is 17.4 Å². The Bertz CT molecular complexity index is 499. The zero-order valence-electron chi connectivity index (χ0n) is 10.1. The Balaban J connectivity index is 2.26. The second kappa shape index (κ2) is 3.92. The lowest BCUT2D eigenvalue weighted by atomic mass is 9.84. The van der Waals surface area contributed by atoms with E-state index < -0.39 is 38.5 Å². The Morgan fingerprint density at radius 2 is 2.06 bits per heavy atom. The van der Waals surface area contributed by atoms with Crippen LogP contribution in [0.15, 0.2) is 0 Å². The summed E-state index contributed by atoms with van der Waals surface area (Å²) in [5.41, 5.74) is 9.56. The number of carbonyl (C=O) groups excluding carboxylic acids is 2. The standard InChI is InChI=1S/C10H17N3O4S/c1-6(8(11)14)10(12)4-5-13(9(10)15)18(16,17)7-2-3-7/h6-7H,2-5,12H2,1H3,(H2,11,14)/t6-,10+/m1/s1. The zero-order valence-corrected chi connectivity index (χ0v) is 10.9. The predicted octanol–water partition coefficient (Wildman–Crippen LogP) is -1.47. The van der Waals surface area contributed by atoms with Crippen LogP contribution in [0.1, 0.15) is 26.2 Å². The van der Waals surface area contributed by atoms with Crippen LogP contribution in [-0.2, 0) is 19.6 Å². The van der Waals surface area contributed by atoms with E-state index in [1.807, 2.05) is 0 Å². The number of nitrogens with zero attached hydrogens (tertiary/aromatic N) is 1. The third-order valence-electron chi connectivity index (χ3n) is 3.81. The van der Waals surface area contributed by atoms with Gasteiger partial charge in [0.15, 0.2) is 0 Å². The number of rotatable bonds is 4. The number of hydrogen-bond acceptors (Lipinski definition) is 5. The minimum Gasteiger partial charge on any atom is -0.369 e. The number of amides is 2. The third kappa shape index (κ3) is 1.79. The molecular weight excluding hydrogens is 258 g/mol. The van der Waals surface area contributed by atoms with Gasteiger partial charge < -0.3 is 11.5 Å². The average Bonchev–Trinajstić information content (AvgIpc) is 3.07. The normalized spacial score (nSPS) is 30.6. The Hall–Kier alpha value is -1.15. The van der Waals surface area contributed by atoms with Gasteiger partial charge in [0.05, 0.1) is 11.2 Å². The minimum atomic E-state index is -3.59. The van der Waals surface area contributed by atoms with E-state index in [0.717, 1.165) is 4.31 Å². The molecule has 2 fully saturated rings. The first kappa shape index (κ1) is 13.3. The topological polar surface area (TPSA) is 124 Å². The van der Waals surface area contributed by atoms with Crippen molar-refractivity contribution in [3.05, 3.63) is 0 Å². The number of hydrogen-bond donors (Lipinski definition) is 2. The number of carbonyl (C=O) groups is 2. The lowest BCUT2D eigenvalue weighted by molar-refractivity contribution is -0.134. The van der Waals surface area contributed by atoms with Gasteiger partial charge in [-0.3, -0.25) is 9.59 Å². The molecule has 8 heteroatoms. The highest BCUT2D eigenvalue weighted by atomic mass is 32.2. The SMILES string of the molecule is C[C@H](C(N)=O)[C@@]1(N)CCN(S(=O)(=O)C2CC2)C1=O. The van der Waals surface area contributed by atoms with E-state index in [9.17, 15) is 18.0 Å². The molecule has 1 saturated carbocycles. The van der Waals surface area contributed by atoms with Crippen LogP contribution in [0.2, 0.25) is 0 Å². The lowest BCUT2D eigenvalue weighted by Gasteiger charge is -2.27. The molecule has 0 bridgehead atoms. The fourth-order valence-electron chi connectivity index (χ4n) is 2.17. The molecule has 0 aromatic heterocycles. The van der Waals surface area contributed by atoms with Crippen molar-refractivity contribution in [3.8, 4) is 0 Å². The van der Waals surface area contributed by atoms with Crippen LogP contribution >= 0.6 is 0 Å². The summed E-state index contributed by atoms with van der Waals surface area (Å²) in [6, 6.07) is 0. The zero-order chi connectivity index (χ0) is 13.7. The van der Waals surface area contributed by atoms with Crippen LogP contribution in [0, 0.1) is 5.92 Å². The van der Waals surface area contributed by atoms with Crippen LogP contribution in [0.4, 0.5) is 0 Å². The van der Waals surface area contributed by atoms with E-state index in [1.54, 1.807) is 0 Å². The summed E-state index contributed by atoms with van der Waals surface area (Å²) in [4.78, 5) is 23.3. The van der Waals surface area contributed by atoms with Gasteiger partial charge in [-0.25, -0.2) is 12.7 Å². The molecule has 2 atom stereocenters. The number of primary amides is 1. The summed E-state index contributed by atoms with van der Waals surface area (Å²) < 4.78 is 24.9. The maximum atomic E-state index is 12.2. The molecule has 4 N–H and O–H groups in total. The fraction of sp³-hybridized carbons (Fsp3) is 0.800. The van der Waals surface area contributed by atoms with Crippen LogP contribution in [0.5, 0.6) is 0 Å². The van der Waals surface area contributed by atoms with E-state index in [4.69, 9.17) is 11.5 Å². The van der Waals surface area contributed by atoms with E-state index >= 15 is 0 Å². The summed E-state index contributed by atoms with van der Waals surface area (Å²) in [6.45, 7) is 1.49. The Labute approximate surface area is 106 Å². The van der Waals surface area contributed by atoms with Gasteiger partial charge in [0.25, 0.3) is 5.91 Å². The molecule has 1 aliphatic heterocycles. The summed E-state index contributed by atoms with van der Waals surface area (Å²) >= 11 is 0. The van der Waals surface area contributed by atoms with Crippen molar-refractivity contribution in [2.75, 3.05) is 6.54 Å². The van der Waals surface area contributed by atoms with E-state index in [0.29, 0.717) is 12.8 Å². The molecule has 2 amide bonds. The number of nitrogens with two attached hydrogens (primary N) is 2. The highest BCUT2D eigenvalue weighted by molar-refractivity contribution is 7.90. The summed E-state index contributed by atoms with van der Waals surface area (Å²) in [7, 11) is -3.59. The Morgan fingerprint density at radius 1 is 1.50 bits per heavy atom. The second-order valence-electron chi connectivity index (χ2n) is 5.04. The highest BCUT2D eigenvalue weighted by Gasteiger charge is 2.55. The smallest absolute Gasteiger partial charge is 0.257 e. The molecule has 0 aromatic rings. The fourth-order valence-corrected chi connectivity index (χ4v) is 4.01. The molecule has 0 spiro atoms. The molecule has 2 rings (SSSR count). The van der Waals surface area contributed by atoms with Crippen molar-refractivity contribution < 1.29 is 18.0 Å². The predicted molar refractivity (Wildman–Crippen MR) is 63.5 cm³/mol. The lowest BCUT2D eigenvalue weighted by Crippen LogP contribution is -2.57. The molecule has 1 heterocycles. The summed E-state index contributed by atoms with van der Waals surface area (Å²) in [5.74, 6) is -2.29. The molecule has 0 radical (unpaired) electrons. The van der Waals surface area contributed by atoms with Crippen LogP contribution in [0.3, 0.4) is 0 Å². The Morgan fingerprint density at radius 3 is 2.50 bits per heavy atom. The van der Waals surface area contributed by atoms with Gasteiger partial charge in [-0.2, -0.15) is 0 Å². The maximum absolute atomic E-state index is 12.2. The van der Waals surface area contributed by atoms with Gasteiger partial charge >= 0.3 is 0 Å². The largest absolute Gasteiger partial charge is 0.369 e. The molecule has 0 aromatic carbocycles. The van der Waals surface area contributed by atoms with Gasteiger partial charge in [0.1, 0.15) is 5.54 Å². The monoisotopic (exact) mass is 275 g/mol. The third-order valence-corrected chi connectivity index (χ3v) is 6.08. The minimum absolute atomic E-state index is 0.0335. The maximum Gasteiger partial charge on any atom is 0.257 e. The van der Waals surface area contributed by atoms with Crippen molar-refractivity contribution in [3.63, 3.8) is 0 Å². The van der Waals surface area contributed by atoms with Crippen LogP contribution < -0.4 is 11.5 Å². The first-order valence-electron chi connectivity index (χ1n) is 5.85. The molecule has 1 saturated heterocycles. The summed E-state index contributed by atoms with van der Waals surface area (Å²) in [6.07, 6.45) is 1.28. The molecule has 18 heavy (non-hydrogen) atoms. The quantitative estimate of drug-likeness (QED) is 0.648. The van der Waals surface area contributed by atoms with E-state index in [-0.39, 0.29) is 13.0 Å². The van der Waals surface area contributed by atoms with Gasteiger partial charge in [0, 0.05) is 6.54 Å². The van der Waals surface area contributed by atoms with Crippen molar-refractivity contribution in [1.29, 1.82) is 0 Å². The average molecular weight is 275 g/mol. The van der Waals surface area contributed by atoms with Crippen LogP contribution in [0.25, 0.3) is 0 Å². The second-order valence-corrected chi connectivity index (χ2v) is 7.17. The van der Waals surface area contributed by atoms with Crippen molar-refractivity contribution in [2.45, 2.75) is 37.0 Å². The van der Waals surface area contributed by atoms with Gasteiger partial charge in [-0.15, -0.1) is 0 Å². The van der Waals surface area contributed by atoms with Crippen molar-refractivity contribution in [1.82, 2.24) is 4.31 Å². The first-order valence-corrected chi connectivity index (χ1v) is 7.36.